The van der Waals surface area contributed by atoms with Crippen LogP contribution in [0.1, 0.15) is 16.3 Å². The smallest absolute Gasteiger partial charge is 0.310 e. The van der Waals surface area contributed by atoms with E-state index in [-0.39, 0.29) is 24.6 Å². The van der Waals surface area contributed by atoms with Gasteiger partial charge in [0.05, 0.1) is 6.42 Å². The molecule has 3 rings (SSSR count). The molecule has 0 aliphatic carbocycles. The summed E-state index contributed by atoms with van der Waals surface area (Å²) < 4.78 is 6.40. The zero-order valence-electron chi connectivity index (χ0n) is 12.2. The van der Waals surface area contributed by atoms with Crippen molar-refractivity contribution in [2.24, 2.45) is 0 Å². The third kappa shape index (κ3) is 3.75. The summed E-state index contributed by atoms with van der Waals surface area (Å²) in [5, 5.41) is 5.24. The van der Waals surface area contributed by atoms with Gasteiger partial charge in [-0.05, 0) is 24.6 Å². The van der Waals surface area contributed by atoms with Crippen molar-refractivity contribution in [1.82, 2.24) is 14.6 Å². The van der Waals surface area contributed by atoms with Crippen molar-refractivity contribution in [3.63, 3.8) is 0 Å². The third-order valence-electron chi connectivity index (χ3n) is 3.03. The van der Waals surface area contributed by atoms with E-state index in [9.17, 15) is 9.59 Å². The molecule has 23 heavy (non-hydrogen) atoms. The Morgan fingerprint density at radius 1 is 1.35 bits per heavy atom. The first-order valence-corrected chi connectivity index (χ1v) is 7.97. The Morgan fingerprint density at radius 3 is 2.83 bits per heavy atom. The highest BCUT2D eigenvalue weighted by molar-refractivity contribution is 7.16. The van der Waals surface area contributed by atoms with Crippen molar-refractivity contribution in [1.29, 1.82) is 0 Å². The molecule has 0 bridgehead atoms. The van der Waals surface area contributed by atoms with Crippen LogP contribution in [-0.4, -0.2) is 20.6 Å². The Kier molecular flexibility index (Phi) is 4.40. The highest BCUT2D eigenvalue weighted by Gasteiger charge is 2.10. The second-order valence-electron chi connectivity index (χ2n) is 4.89. The maximum atomic E-state index is 11.8. The number of nitrogens with zero attached hydrogens (tertiary/aromatic N) is 3. The molecule has 0 aliphatic rings. The number of fused-ring (bicyclic) bond motifs is 1. The van der Waals surface area contributed by atoms with Crippen LogP contribution in [0.2, 0.25) is 5.02 Å². The SMILES string of the molecule is Cc1cc(=O)n2nc(COC(=O)Cc3ccc(Cl)cc3)sc2n1. The summed E-state index contributed by atoms with van der Waals surface area (Å²) in [6.07, 6.45) is 0.152. The van der Waals surface area contributed by atoms with Crippen molar-refractivity contribution in [2.45, 2.75) is 20.0 Å². The van der Waals surface area contributed by atoms with Gasteiger partial charge in [-0.3, -0.25) is 9.59 Å². The van der Waals surface area contributed by atoms with Gasteiger partial charge >= 0.3 is 5.97 Å². The van der Waals surface area contributed by atoms with Crippen molar-refractivity contribution in [2.75, 3.05) is 0 Å². The monoisotopic (exact) mass is 349 g/mol. The van der Waals surface area contributed by atoms with Crippen LogP contribution in [0.15, 0.2) is 35.1 Å². The molecule has 2 aromatic heterocycles. The minimum atomic E-state index is -0.372. The highest BCUT2D eigenvalue weighted by Crippen LogP contribution is 2.14. The number of ether oxygens (including phenoxy) is 1. The van der Waals surface area contributed by atoms with E-state index >= 15 is 0 Å². The number of aromatic nitrogens is 3. The minimum Gasteiger partial charge on any atom is -0.458 e. The van der Waals surface area contributed by atoms with Crippen LogP contribution in [0.3, 0.4) is 0 Å². The Morgan fingerprint density at radius 2 is 2.09 bits per heavy atom. The Labute approximate surface area is 140 Å². The van der Waals surface area contributed by atoms with E-state index in [1.54, 1.807) is 31.2 Å². The fourth-order valence-corrected chi connectivity index (χ4v) is 2.96. The number of esters is 1. The first-order chi connectivity index (χ1) is 11.0. The molecule has 0 spiro atoms. The quantitative estimate of drug-likeness (QED) is 0.676. The van der Waals surface area contributed by atoms with E-state index in [0.29, 0.717) is 20.7 Å². The zero-order chi connectivity index (χ0) is 16.4. The van der Waals surface area contributed by atoms with Crippen LogP contribution in [0.5, 0.6) is 0 Å². The third-order valence-corrected chi connectivity index (χ3v) is 4.17. The van der Waals surface area contributed by atoms with Crippen molar-refractivity contribution in [3.05, 3.63) is 62.0 Å². The fourth-order valence-electron chi connectivity index (χ4n) is 1.98. The second kappa shape index (κ2) is 6.47. The molecule has 118 valence electrons. The predicted molar refractivity (Wildman–Crippen MR) is 86.8 cm³/mol. The second-order valence-corrected chi connectivity index (χ2v) is 6.37. The predicted octanol–water partition coefficient (Wildman–Crippen LogP) is 2.40. The molecule has 0 aliphatic heterocycles. The van der Waals surface area contributed by atoms with Gasteiger partial charge in [-0.1, -0.05) is 35.1 Å². The van der Waals surface area contributed by atoms with E-state index in [0.717, 1.165) is 5.56 Å². The molecular formula is C15H12ClN3O3S. The molecule has 0 atom stereocenters. The number of benzene rings is 1. The topological polar surface area (TPSA) is 73.6 Å². The molecule has 0 amide bonds. The van der Waals surface area contributed by atoms with Crippen LogP contribution >= 0.6 is 22.9 Å². The summed E-state index contributed by atoms with van der Waals surface area (Å²) in [5.74, 6) is -0.372. The largest absolute Gasteiger partial charge is 0.458 e. The molecule has 0 fully saturated rings. The number of aryl methyl sites for hydroxylation is 1. The minimum absolute atomic E-state index is 0.0128. The molecule has 2 heterocycles. The van der Waals surface area contributed by atoms with Gasteiger partial charge in [0, 0.05) is 16.8 Å². The maximum absolute atomic E-state index is 11.8. The molecule has 0 saturated heterocycles. The molecule has 6 nitrogen and oxygen atoms in total. The maximum Gasteiger partial charge on any atom is 0.310 e. The van der Waals surface area contributed by atoms with Gasteiger partial charge < -0.3 is 4.74 Å². The van der Waals surface area contributed by atoms with E-state index in [2.05, 4.69) is 10.1 Å². The number of carbonyl (C=O) groups is 1. The van der Waals surface area contributed by atoms with Crippen LogP contribution in [0, 0.1) is 6.92 Å². The standard InChI is InChI=1S/C15H12ClN3O3S/c1-9-6-13(20)19-15(17-9)23-12(18-19)8-22-14(21)7-10-2-4-11(16)5-3-10/h2-6H,7-8H2,1H3. The summed E-state index contributed by atoms with van der Waals surface area (Å²) in [4.78, 5) is 28.3. The van der Waals surface area contributed by atoms with Crippen molar-refractivity contribution >= 4 is 33.9 Å². The average Bonchev–Trinajstić information content (AvgIpc) is 2.91. The Balaban J connectivity index is 1.66. The number of hydrogen-bond acceptors (Lipinski definition) is 6. The van der Waals surface area contributed by atoms with Gasteiger partial charge in [0.15, 0.2) is 5.01 Å². The molecule has 3 aromatic rings. The summed E-state index contributed by atoms with van der Waals surface area (Å²) >= 11 is 7.02. The summed E-state index contributed by atoms with van der Waals surface area (Å²) in [6.45, 7) is 1.76. The number of rotatable bonds is 4. The molecule has 0 unspecified atom stereocenters. The number of carbonyl (C=O) groups excluding carboxylic acids is 1. The molecule has 8 heteroatoms. The van der Waals surface area contributed by atoms with Crippen molar-refractivity contribution < 1.29 is 9.53 Å². The van der Waals surface area contributed by atoms with Gasteiger partial charge in [0.25, 0.3) is 5.56 Å². The molecule has 0 saturated carbocycles. The fraction of sp³-hybridized carbons (Fsp3) is 0.200. The lowest BCUT2D eigenvalue weighted by molar-refractivity contribution is -0.144. The van der Waals surface area contributed by atoms with Crippen molar-refractivity contribution in [3.8, 4) is 0 Å². The Hall–Kier alpha value is -2.25. The van der Waals surface area contributed by atoms with Crippen LogP contribution in [0.4, 0.5) is 0 Å². The van der Waals surface area contributed by atoms with Crippen LogP contribution < -0.4 is 5.56 Å². The van der Waals surface area contributed by atoms with E-state index in [1.165, 1.54) is 21.9 Å². The molecule has 1 aromatic carbocycles. The number of halogens is 1. The zero-order valence-corrected chi connectivity index (χ0v) is 13.7. The summed E-state index contributed by atoms with van der Waals surface area (Å²) in [5.41, 5.74) is 1.20. The lowest BCUT2D eigenvalue weighted by atomic mass is 10.2. The first kappa shape index (κ1) is 15.6. The number of hydrogen-bond donors (Lipinski definition) is 0. The van der Waals surface area contributed by atoms with Gasteiger partial charge in [0.1, 0.15) is 6.61 Å². The Bertz CT molecular complexity index is 918. The average molecular weight is 350 g/mol. The van der Waals surface area contributed by atoms with E-state index in [1.807, 2.05) is 0 Å². The van der Waals surface area contributed by atoms with Crippen LogP contribution in [0.25, 0.3) is 4.96 Å². The summed E-state index contributed by atoms with van der Waals surface area (Å²) in [7, 11) is 0. The molecule has 0 N–H and O–H groups in total. The van der Waals surface area contributed by atoms with Gasteiger partial charge in [-0.2, -0.15) is 9.61 Å². The lowest BCUT2D eigenvalue weighted by Gasteiger charge is -2.02. The van der Waals surface area contributed by atoms with Gasteiger partial charge in [0.2, 0.25) is 4.96 Å². The van der Waals surface area contributed by atoms with Crippen LogP contribution in [-0.2, 0) is 22.6 Å². The molecule has 0 radical (unpaired) electrons. The molecular weight excluding hydrogens is 338 g/mol. The van der Waals surface area contributed by atoms with E-state index in [4.69, 9.17) is 16.3 Å². The lowest BCUT2D eigenvalue weighted by Crippen LogP contribution is -2.14. The van der Waals surface area contributed by atoms with Gasteiger partial charge in [-0.15, -0.1) is 0 Å². The normalized spacial score (nSPS) is 10.9. The first-order valence-electron chi connectivity index (χ1n) is 6.78. The summed E-state index contributed by atoms with van der Waals surface area (Å²) in [6, 6.07) is 8.39. The van der Waals surface area contributed by atoms with Gasteiger partial charge in [-0.25, -0.2) is 4.98 Å². The van der Waals surface area contributed by atoms with E-state index < -0.39 is 0 Å². The highest BCUT2D eigenvalue weighted by atomic mass is 35.5.